The van der Waals surface area contributed by atoms with Crippen LogP contribution in [0.25, 0.3) is 5.78 Å². The van der Waals surface area contributed by atoms with Crippen LogP contribution in [0, 0.1) is 19.8 Å². The summed E-state index contributed by atoms with van der Waals surface area (Å²) in [6.07, 6.45) is 0.436. The lowest BCUT2D eigenvalue weighted by atomic mass is 10.1. The number of rotatable bonds is 5. The molecular formula is C19H23N5O2. The molecule has 7 nitrogen and oxygen atoms in total. The number of fused-ring (bicyclic) bond motifs is 1. The Kier molecular flexibility index (Phi) is 4.88. The molecule has 0 fully saturated rings. The summed E-state index contributed by atoms with van der Waals surface area (Å²) in [6, 6.07) is 9.23. The molecule has 0 atom stereocenters. The van der Waals surface area contributed by atoms with Crippen molar-refractivity contribution in [2.75, 3.05) is 4.90 Å². The molecule has 0 spiro atoms. The Morgan fingerprint density at radius 2 is 1.88 bits per heavy atom. The maximum Gasteiger partial charge on any atom is 0.274 e. The van der Waals surface area contributed by atoms with Crippen molar-refractivity contribution >= 4 is 17.4 Å². The molecule has 1 N–H and O–H groups in total. The van der Waals surface area contributed by atoms with E-state index in [9.17, 15) is 9.59 Å². The molecule has 1 aromatic carbocycles. The van der Waals surface area contributed by atoms with Crippen LogP contribution in [0.4, 0.5) is 5.69 Å². The number of amides is 1. The summed E-state index contributed by atoms with van der Waals surface area (Å²) < 4.78 is 1.29. The number of H-pyrrole nitrogens is 1. The molecule has 3 aromatic rings. The van der Waals surface area contributed by atoms with E-state index >= 15 is 0 Å². The average molecular weight is 353 g/mol. The number of nitrogens with one attached hydrogen (secondary N) is 1. The third-order valence-corrected chi connectivity index (χ3v) is 4.04. The van der Waals surface area contributed by atoms with Crippen molar-refractivity contribution in [2.45, 2.75) is 40.7 Å². The van der Waals surface area contributed by atoms with Gasteiger partial charge < -0.3 is 4.90 Å². The molecular weight excluding hydrogens is 330 g/mol. The molecule has 0 aliphatic heterocycles. The van der Waals surface area contributed by atoms with Gasteiger partial charge in [-0.2, -0.15) is 9.50 Å². The van der Waals surface area contributed by atoms with E-state index in [0.717, 1.165) is 11.3 Å². The van der Waals surface area contributed by atoms with E-state index in [1.54, 1.807) is 11.8 Å². The van der Waals surface area contributed by atoms with Crippen LogP contribution in [-0.2, 0) is 11.3 Å². The van der Waals surface area contributed by atoms with Crippen molar-refractivity contribution < 1.29 is 4.79 Å². The monoisotopic (exact) mass is 353 g/mol. The minimum absolute atomic E-state index is 0.0146. The average Bonchev–Trinajstić information content (AvgIpc) is 2.96. The Labute approximate surface area is 151 Å². The normalized spacial score (nSPS) is 11.3. The number of aromatic amines is 1. The molecule has 1 amide bonds. The molecule has 0 aliphatic carbocycles. The smallest absolute Gasteiger partial charge is 0.274 e. The first-order chi connectivity index (χ1) is 12.3. The number of benzene rings is 1. The first kappa shape index (κ1) is 17.8. The highest BCUT2D eigenvalue weighted by Gasteiger charge is 2.19. The fourth-order valence-electron chi connectivity index (χ4n) is 2.76. The fraction of sp³-hybridized carbons (Fsp3) is 0.368. The van der Waals surface area contributed by atoms with E-state index in [-0.39, 0.29) is 23.9 Å². The standard InChI is InChI=1S/C19H23N5O2/c1-12(2)9-17(25)23(15-7-5-13(3)6-8-15)11-16-21-19-20-14(4)10-18(26)24(19)22-16/h5-8,10,12H,9,11H2,1-4H3,(H,20,21,22). The zero-order valence-corrected chi connectivity index (χ0v) is 15.5. The Hall–Kier alpha value is -2.96. The molecule has 0 saturated carbocycles. The van der Waals surface area contributed by atoms with Crippen molar-refractivity contribution in [1.82, 2.24) is 19.6 Å². The number of nitrogens with zero attached hydrogens (tertiary/aromatic N) is 4. The van der Waals surface area contributed by atoms with E-state index in [0.29, 0.717) is 23.7 Å². The van der Waals surface area contributed by atoms with E-state index < -0.39 is 0 Å². The van der Waals surface area contributed by atoms with Crippen molar-refractivity contribution in [3.05, 3.63) is 57.8 Å². The minimum atomic E-state index is -0.221. The summed E-state index contributed by atoms with van der Waals surface area (Å²) in [4.78, 5) is 35.2. The molecule has 0 radical (unpaired) electrons. The van der Waals surface area contributed by atoms with Gasteiger partial charge in [0.05, 0.1) is 6.54 Å². The van der Waals surface area contributed by atoms with Gasteiger partial charge in [-0.05, 0) is 31.9 Å². The molecule has 0 aliphatic rings. The summed E-state index contributed by atoms with van der Waals surface area (Å²) >= 11 is 0. The Morgan fingerprint density at radius 1 is 1.19 bits per heavy atom. The van der Waals surface area contributed by atoms with Crippen molar-refractivity contribution in [1.29, 1.82) is 0 Å². The van der Waals surface area contributed by atoms with Crippen LogP contribution in [0.15, 0.2) is 35.1 Å². The molecule has 0 saturated heterocycles. The van der Waals surface area contributed by atoms with Crippen LogP contribution in [-0.4, -0.2) is 25.5 Å². The number of carbonyl (C=O) groups excluding carboxylic acids is 1. The van der Waals surface area contributed by atoms with E-state index in [4.69, 9.17) is 0 Å². The summed E-state index contributed by atoms with van der Waals surface area (Å²) in [5.41, 5.74) is 2.32. The highest BCUT2D eigenvalue weighted by molar-refractivity contribution is 5.93. The van der Waals surface area contributed by atoms with Gasteiger partial charge in [-0.1, -0.05) is 31.5 Å². The summed E-state index contributed by atoms with van der Waals surface area (Å²) in [5.74, 6) is 1.09. The van der Waals surface area contributed by atoms with E-state index in [1.165, 1.54) is 10.6 Å². The lowest BCUT2D eigenvalue weighted by Gasteiger charge is -2.23. The molecule has 2 aromatic heterocycles. The van der Waals surface area contributed by atoms with Gasteiger partial charge in [0, 0.05) is 23.9 Å². The van der Waals surface area contributed by atoms with Crippen LogP contribution in [0.3, 0.4) is 0 Å². The third-order valence-electron chi connectivity index (χ3n) is 4.04. The number of aryl methyl sites for hydroxylation is 2. The Bertz CT molecular complexity index is 985. The number of hydrogen-bond acceptors (Lipinski definition) is 4. The van der Waals surface area contributed by atoms with Gasteiger partial charge in [-0.25, -0.2) is 4.98 Å². The second-order valence-electron chi connectivity index (χ2n) is 6.95. The highest BCUT2D eigenvalue weighted by atomic mass is 16.2. The first-order valence-corrected chi connectivity index (χ1v) is 8.66. The fourth-order valence-corrected chi connectivity index (χ4v) is 2.76. The van der Waals surface area contributed by atoms with Crippen LogP contribution < -0.4 is 10.5 Å². The predicted octanol–water partition coefficient (Wildman–Crippen LogP) is 2.61. The minimum Gasteiger partial charge on any atom is -0.305 e. The van der Waals surface area contributed by atoms with Gasteiger partial charge >= 0.3 is 0 Å². The van der Waals surface area contributed by atoms with Gasteiger partial charge in [0.15, 0.2) is 0 Å². The van der Waals surface area contributed by atoms with E-state index in [1.807, 2.05) is 45.0 Å². The van der Waals surface area contributed by atoms with Crippen molar-refractivity contribution in [3.8, 4) is 0 Å². The summed E-state index contributed by atoms with van der Waals surface area (Å²) in [5, 5.41) is 2.95. The topological polar surface area (TPSA) is 83.4 Å². The quantitative estimate of drug-likeness (QED) is 0.764. The second kappa shape index (κ2) is 7.11. The maximum absolute atomic E-state index is 12.8. The van der Waals surface area contributed by atoms with Crippen molar-refractivity contribution in [3.63, 3.8) is 0 Å². The molecule has 0 unspecified atom stereocenters. The zero-order valence-electron chi connectivity index (χ0n) is 15.5. The van der Waals surface area contributed by atoms with Crippen molar-refractivity contribution in [2.24, 2.45) is 5.92 Å². The number of carbonyl (C=O) groups is 1. The number of aromatic nitrogens is 4. The second-order valence-corrected chi connectivity index (χ2v) is 6.95. The molecule has 3 rings (SSSR count). The summed E-state index contributed by atoms with van der Waals surface area (Å²) in [6.45, 7) is 8.03. The van der Waals surface area contributed by atoms with E-state index in [2.05, 4.69) is 15.1 Å². The van der Waals surface area contributed by atoms with Crippen LogP contribution in [0.2, 0.25) is 0 Å². The lowest BCUT2D eigenvalue weighted by molar-refractivity contribution is -0.119. The Morgan fingerprint density at radius 3 is 2.54 bits per heavy atom. The molecule has 2 heterocycles. The van der Waals surface area contributed by atoms with Crippen LogP contribution in [0.5, 0.6) is 0 Å². The number of anilines is 1. The van der Waals surface area contributed by atoms with Gasteiger partial charge in [0.2, 0.25) is 5.91 Å². The van der Waals surface area contributed by atoms with Gasteiger partial charge in [0.25, 0.3) is 11.3 Å². The summed E-state index contributed by atoms with van der Waals surface area (Å²) in [7, 11) is 0. The zero-order chi connectivity index (χ0) is 18.8. The molecule has 26 heavy (non-hydrogen) atoms. The predicted molar refractivity (Wildman–Crippen MR) is 100 cm³/mol. The van der Waals surface area contributed by atoms with Gasteiger partial charge in [-0.15, -0.1) is 0 Å². The molecule has 136 valence electrons. The third kappa shape index (κ3) is 3.82. The van der Waals surface area contributed by atoms with Crippen LogP contribution in [0.1, 0.15) is 37.4 Å². The SMILES string of the molecule is Cc1ccc(N(Cc2nc3nc(C)cc(=O)n3[nH]2)C(=O)CC(C)C)cc1. The van der Waals surface area contributed by atoms with Gasteiger partial charge in [-0.3, -0.25) is 14.7 Å². The highest BCUT2D eigenvalue weighted by Crippen LogP contribution is 2.20. The van der Waals surface area contributed by atoms with Gasteiger partial charge in [0.1, 0.15) is 5.82 Å². The largest absolute Gasteiger partial charge is 0.305 e. The number of hydrogen-bond donors (Lipinski definition) is 1. The lowest BCUT2D eigenvalue weighted by Crippen LogP contribution is -2.31. The molecule has 7 heteroatoms. The first-order valence-electron chi connectivity index (χ1n) is 8.66. The molecule has 0 bridgehead atoms. The Balaban J connectivity index is 1.97. The van der Waals surface area contributed by atoms with Crippen LogP contribution >= 0.6 is 0 Å². The maximum atomic E-state index is 12.8.